The van der Waals surface area contributed by atoms with E-state index in [0.29, 0.717) is 36.5 Å². The second kappa shape index (κ2) is 7.68. The van der Waals surface area contributed by atoms with Crippen LogP contribution >= 0.6 is 0 Å². The molecule has 2 atom stereocenters. The molecule has 0 saturated carbocycles. The molecule has 6 nitrogen and oxygen atoms in total. The van der Waals surface area contributed by atoms with Gasteiger partial charge in [-0.25, -0.2) is 8.78 Å². The van der Waals surface area contributed by atoms with Crippen LogP contribution in [-0.2, 0) is 11.3 Å². The molecule has 0 unspecified atom stereocenters. The zero-order chi connectivity index (χ0) is 21.5. The average molecular weight is 415 g/mol. The Hall–Kier alpha value is -3.00. The standard InChI is InChI=1S/C22H23F2N3O3/c1-26(2)21(29)16-11-27(10-14-7-8-17(23)18(24)9-14)12-22(16)13-30-19-6-4-3-5-15(19)20(28)25-22/h3-9,16H,10-13H2,1-2H3,(H,25,28)/t16-,22-/m1/s1. The zero-order valence-electron chi connectivity index (χ0n) is 16.8. The molecule has 1 N–H and O–H groups in total. The van der Waals surface area contributed by atoms with Gasteiger partial charge in [-0.3, -0.25) is 14.5 Å². The molecule has 0 radical (unpaired) electrons. The fourth-order valence-electron chi connectivity index (χ4n) is 4.24. The van der Waals surface area contributed by atoms with Crippen LogP contribution in [0.3, 0.4) is 0 Å². The van der Waals surface area contributed by atoms with Gasteiger partial charge in [0.15, 0.2) is 11.6 Å². The topological polar surface area (TPSA) is 61.9 Å². The first-order valence-corrected chi connectivity index (χ1v) is 9.71. The summed E-state index contributed by atoms with van der Waals surface area (Å²) < 4.78 is 32.9. The van der Waals surface area contributed by atoms with Gasteiger partial charge in [0.05, 0.1) is 17.0 Å². The Morgan fingerprint density at radius 3 is 2.73 bits per heavy atom. The maximum atomic E-state index is 13.6. The van der Waals surface area contributed by atoms with Crippen LogP contribution in [0, 0.1) is 17.6 Å². The number of carbonyl (C=O) groups is 2. The number of halogens is 2. The second-order valence-electron chi connectivity index (χ2n) is 8.10. The first kappa shape index (κ1) is 20.3. The molecule has 0 bridgehead atoms. The summed E-state index contributed by atoms with van der Waals surface area (Å²) in [5, 5.41) is 3.05. The molecular weight excluding hydrogens is 392 g/mol. The summed E-state index contributed by atoms with van der Waals surface area (Å²) in [5.74, 6) is -2.31. The van der Waals surface area contributed by atoms with Crippen LogP contribution in [0.2, 0.25) is 0 Å². The van der Waals surface area contributed by atoms with Crippen LogP contribution in [0.4, 0.5) is 8.78 Å². The van der Waals surface area contributed by atoms with E-state index in [1.54, 1.807) is 38.4 Å². The van der Waals surface area contributed by atoms with Crippen molar-refractivity contribution in [2.45, 2.75) is 12.1 Å². The van der Waals surface area contributed by atoms with Gasteiger partial charge in [0, 0.05) is 33.7 Å². The molecule has 8 heteroatoms. The Morgan fingerprint density at radius 2 is 2.00 bits per heavy atom. The van der Waals surface area contributed by atoms with Crippen molar-refractivity contribution in [3.05, 3.63) is 65.2 Å². The molecule has 158 valence electrons. The van der Waals surface area contributed by atoms with Crippen molar-refractivity contribution in [3.8, 4) is 5.75 Å². The zero-order valence-corrected chi connectivity index (χ0v) is 16.8. The minimum absolute atomic E-state index is 0.127. The minimum atomic E-state index is -0.934. The Kier molecular flexibility index (Phi) is 5.19. The van der Waals surface area contributed by atoms with Crippen molar-refractivity contribution in [2.24, 2.45) is 5.92 Å². The number of nitrogens with zero attached hydrogens (tertiary/aromatic N) is 2. The number of hydrogen-bond donors (Lipinski definition) is 1. The Bertz CT molecular complexity index is 997. The van der Waals surface area contributed by atoms with Crippen LogP contribution in [-0.4, -0.2) is 60.9 Å². The van der Waals surface area contributed by atoms with Gasteiger partial charge in [0.1, 0.15) is 12.4 Å². The van der Waals surface area contributed by atoms with Crippen LogP contribution < -0.4 is 10.1 Å². The monoisotopic (exact) mass is 415 g/mol. The molecule has 2 aliphatic rings. The number of nitrogens with one attached hydrogen (secondary N) is 1. The van der Waals surface area contributed by atoms with Crippen LogP contribution in [0.1, 0.15) is 15.9 Å². The molecule has 1 saturated heterocycles. The number of para-hydroxylation sites is 1. The summed E-state index contributed by atoms with van der Waals surface area (Å²) in [5.41, 5.74) is 0.0754. The lowest BCUT2D eigenvalue weighted by atomic mass is 9.86. The van der Waals surface area contributed by atoms with Gasteiger partial charge in [0.2, 0.25) is 5.91 Å². The first-order valence-electron chi connectivity index (χ1n) is 9.71. The van der Waals surface area contributed by atoms with Crippen molar-refractivity contribution in [3.63, 3.8) is 0 Å². The van der Waals surface area contributed by atoms with E-state index in [1.807, 2.05) is 4.90 Å². The van der Waals surface area contributed by atoms with Crippen molar-refractivity contribution < 1.29 is 23.1 Å². The number of rotatable bonds is 3. The van der Waals surface area contributed by atoms with E-state index in [4.69, 9.17) is 4.74 Å². The predicted molar refractivity (Wildman–Crippen MR) is 106 cm³/mol. The maximum Gasteiger partial charge on any atom is 0.255 e. The van der Waals surface area contributed by atoms with E-state index in [2.05, 4.69) is 5.32 Å². The molecule has 4 rings (SSSR count). The Morgan fingerprint density at radius 1 is 1.23 bits per heavy atom. The van der Waals surface area contributed by atoms with E-state index in [0.717, 1.165) is 12.1 Å². The molecular formula is C22H23F2N3O3. The molecule has 1 fully saturated rings. The van der Waals surface area contributed by atoms with Crippen molar-refractivity contribution in [1.29, 1.82) is 0 Å². The highest BCUT2D eigenvalue weighted by Gasteiger charge is 2.53. The highest BCUT2D eigenvalue weighted by molar-refractivity contribution is 5.98. The molecule has 30 heavy (non-hydrogen) atoms. The van der Waals surface area contributed by atoms with Crippen LogP contribution in [0.15, 0.2) is 42.5 Å². The van der Waals surface area contributed by atoms with Crippen LogP contribution in [0.25, 0.3) is 0 Å². The minimum Gasteiger partial charge on any atom is -0.490 e. The van der Waals surface area contributed by atoms with Gasteiger partial charge in [-0.05, 0) is 29.8 Å². The molecule has 0 aromatic heterocycles. The summed E-state index contributed by atoms with van der Waals surface area (Å²) in [4.78, 5) is 29.4. The lowest BCUT2D eigenvalue weighted by Crippen LogP contribution is -2.60. The third-order valence-electron chi connectivity index (χ3n) is 5.72. The van der Waals surface area contributed by atoms with E-state index >= 15 is 0 Å². The van der Waals surface area contributed by atoms with Gasteiger partial charge < -0.3 is 15.0 Å². The number of fused-ring (bicyclic) bond motifs is 1. The van der Waals surface area contributed by atoms with Gasteiger partial charge >= 0.3 is 0 Å². The van der Waals surface area contributed by atoms with Crippen molar-refractivity contribution in [2.75, 3.05) is 33.8 Å². The number of carbonyl (C=O) groups excluding carboxylic acids is 2. The molecule has 2 amide bonds. The van der Waals surface area contributed by atoms with E-state index in [-0.39, 0.29) is 18.4 Å². The highest BCUT2D eigenvalue weighted by Crippen LogP contribution is 2.34. The number of hydrogen-bond acceptors (Lipinski definition) is 4. The number of ether oxygens (including phenoxy) is 1. The van der Waals surface area contributed by atoms with Crippen molar-refractivity contribution in [1.82, 2.24) is 15.1 Å². The molecule has 2 heterocycles. The van der Waals surface area contributed by atoms with E-state index < -0.39 is 23.1 Å². The third kappa shape index (κ3) is 3.63. The first-order chi connectivity index (χ1) is 14.3. The summed E-state index contributed by atoms with van der Waals surface area (Å²) in [7, 11) is 3.34. The Balaban J connectivity index is 1.63. The van der Waals surface area contributed by atoms with Crippen molar-refractivity contribution >= 4 is 11.8 Å². The normalized spacial score (nSPS) is 23.5. The largest absolute Gasteiger partial charge is 0.490 e. The lowest BCUT2D eigenvalue weighted by Gasteiger charge is -2.34. The fraction of sp³-hybridized carbons (Fsp3) is 0.364. The van der Waals surface area contributed by atoms with E-state index in [9.17, 15) is 18.4 Å². The predicted octanol–water partition coefficient (Wildman–Crippen LogP) is 2.05. The maximum absolute atomic E-state index is 13.6. The van der Waals surface area contributed by atoms with Gasteiger partial charge in [-0.1, -0.05) is 18.2 Å². The average Bonchev–Trinajstić information content (AvgIpc) is 2.98. The van der Waals surface area contributed by atoms with Gasteiger partial charge in [0.25, 0.3) is 5.91 Å². The Labute approximate surface area is 173 Å². The number of benzene rings is 2. The SMILES string of the molecule is CN(C)C(=O)[C@H]1CN(Cc2ccc(F)c(F)c2)C[C@@]12COc1ccccc1C(=O)N2. The molecule has 0 aliphatic carbocycles. The molecule has 2 aromatic rings. The van der Waals surface area contributed by atoms with Gasteiger partial charge in [-0.15, -0.1) is 0 Å². The molecule has 2 aliphatic heterocycles. The lowest BCUT2D eigenvalue weighted by molar-refractivity contribution is -0.134. The second-order valence-corrected chi connectivity index (χ2v) is 8.10. The smallest absolute Gasteiger partial charge is 0.255 e. The third-order valence-corrected chi connectivity index (χ3v) is 5.72. The summed E-state index contributed by atoms with van der Waals surface area (Å²) in [6.07, 6.45) is 0. The highest BCUT2D eigenvalue weighted by atomic mass is 19.2. The summed E-state index contributed by atoms with van der Waals surface area (Å²) in [6.45, 7) is 1.15. The quantitative estimate of drug-likeness (QED) is 0.834. The molecule has 2 aromatic carbocycles. The van der Waals surface area contributed by atoms with E-state index in [1.165, 1.54) is 11.0 Å². The number of amides is 2. The van der Waals surface area contributed by atoms with Crippen LogP contribution in [0.5, 0.6) is 5.75 Å². The number of likely N-dealkylation sites (tertiary alicyclic amines) is 1. The molecule has 1 spiro atoms. The van der Waals surface area contributed by atoms with Gasteiger partial charge in [-0.2, -0.15) is 0 Å². The summed E-state index contributed by atoms with van der Waals surface area (Å²) in [6, 6.07) is 10.7. The summed E-state index contributed by atoms with van der Waals surface area (Å²) >= 11 is 0. The fourth-order valence-corrected chi connectivity index (χ4v) is 4.24.